The van der Waals surface area contributed by atoms with Crippen molar-refractivity contribution in [2.24, 2.45) is 0 Å². The molecular weight excluding hydrogens is 419 g/mol. The zero-order valence-corrected chi connectivity index (χ0v) is 17.1. The summed E-state index contributed by atoms with van der Waals surface area (Å²) in [5.41, 5.74) is 0.421. The number of imidazole rings is 1. The van der Waals surface area contributed by atoms with Crippen molar-refractivity contribution in [1.29, 1.82) is 0 Å². The van der Waals surface area contributed by atoms with Gasteiger partial charge in [0.1, 0.15) is 5.82 Å². The van der Waals surface area contributed by atoms with Crippen LogP contribution in [-0.4, -0.2) is 29.9 Å². The van der Waals surface area contributed by atoms with E-state index in [1.54, 1.807) is 20.0 Å². The fourth-order valence-electron chi connectivity index (χ4n) is 2.62. The number of carbonyl (C=O) groups is 1. The second kappa shape index (κ2) is 8.32. The molecule has 3 aromatic rings. The smallest absolute Gasteiger partial charge is 0.257 e. The van der Waals surface area contributed by atoms with Crippen molar-refractivity contribution in [3.63, 3.8) is 0 Å². The molecule has 7 nitrogen and oxygen atoms in total. The number of anilines is 1. The lowest BCUT2D eigenvalue weighted by atomic mass is 10.2. The molecule has 0 unspecified atom stereocenters. The molecule has 1 aromatic heterocycles. The lowest BCUT2D eigenvalue weighted by Gasteiger charge is -2.12. The van der Waals surface area contributed by atoms with Gasteiger partial charge in [0.05, 0.1) is 27.5 Å². The molecule has 0 aliphatic rings. The number of nitrogens with zero attached hydrogens (tertiary/aromatic N) is 2. The van der Waals surface area contributed by atoms with Crippen molar-refractivity contribution in [3.05, 3.63) is 71.5 Å². The van der Waals surface area contributed by atoms with Crippen LogP contribution in [0, 0.1) is 5.82 Å². The van der Waals surface area contributed by atoms with Gasteiger partial charge in [-0.05, 0) is 50.2 Å². The zero-order chi connectivity index (χ0) is 21.2. The first-order valence-corrected chi connectivity index (χ1v) is 10.4. The molecule has 0 atom stereocenters. The minimum Gasteiger partial charge on any atom is -0.322 e. The molecule has 29 heavy (non-hydrogen) atoms. The van der Waals surface area contributed by atoms with Gasteiger partial charge >= 0.3 is 0 Å². The lowest BCUT2D eigenvalue weighted by Crippen LogP contribution is -2.30. The predicted octanol–water partition coefficient (Wildman–Crippen LogP) is 3.60. The highest BCUT2D eigenvalue weighted by Gasteiger charge is 2.20. The molecule has 0 radical (unpaired) electrons. The first-order chi connectivity index (χ1) is 13.7. The molecule has 2 N–H and O–H groups in total. The van der Waals surface area contributed by atoms with E-state index < -0.39 is 21.7 Å². The van der Waals surface area contributed by atoms with Crippen molar-refractivity contribution in [3.8, 4) is 5.69 Å². The van der Waals surface area contributed by atoms with Crippen molar-refractivity contribution < 1.29 is 17.6 Å². The summed E-state index contributed by atoms with van der Waals surface area (Å²) >= 11 is 6.08. The minimum atomic E-state index is -3.80. The van der Waals surface area contributed by atoms with Crippen LogP contribution in [0.3, 0.4) is 0 Å². The lowest BCUT2D eigenvalue weighted by molar-refractivity contribution is 0.102. The molecular formula is C19H18ClFN4O3S. The molecule has 0 saturated carbocycles. The van der Waals surface area contributed by atoms with Crippen LogP contribution in [0.15, 0.2) is 60.0 Å². The first kappa shape index (κ1) is 21.0. The maximum absolute atomic E-state index is 14.4. The summed E-state index contributed by atoms with van der Waals surface area (Å²) in [6, 6.07) is 7.66. The Hall–Kier alpha value is -2.75. The number of amides is 1. The molecule has 10 heteroatoms. The maximum Gasteiger partial charge on any atom is 0.257 e. The van der Waals surface area contributed by atoms with Crippen LogP contribution in [0.4, 0.5) is 10.1 Å². The Morgan fingerprint density at radius 3 is 2.59 bits per heavy atom. The van der Waals surface area contributed by atoms with Crippen LogP contribution in [0.2, 0.25) is 5.02 Å². The largest absolute Gasteiger partial charge is 0.322 e. The number of sulfonamides is 1. The summed E-state index contributed by atoms with van der Waals surface area (Å²) in [6.07, 6.45) is 4.56. The molecule has 0 aliphatic carbocycles. The van der Waals surface area contributed by atoms with Crippen LogP contribution in [0.1, 0.15) is 24.2 Å². The van der Waals surface area contributed by atoms with Gasteiger partial charge in [-0.15, -0.1) is 0 Å². The number of benzene rings is 2. The Morgan fingerprint density at radius 1 is 1.21 bits per heavy atom. The van der Waals surface area contributed by atoms with Crippen LogP contribution >= 0.6 is 11.6 Å². The van der Waals surface area contributed by atoms with Gasteiger partial charge in [-0.3, -0.25) is 4.79 Å². The third-order valence-corrected chi connectivity index (χ3v) is 5.86. The van der Waals surface area contributed by atoms with Gasteiger partial charge in [-0.1, -0.05) is 11.6 Å². The molecule has 0 spiro atoms. The van der Waals surface area contributed by atoms with Gasteiger partial charge in [-0.2, -0.15) is 0 Å². The second-order valence-electron chi connectivity index (χ2n) is 6.51. The van der Waals surface area contributed by atoms with E-state index in [0.717, 1.165) is 6.07 Å². The van der Waals surface area contributed by atoms with Gasteiger partial charge in [0, 0.05) is 24.1 Å². The van der Waals surface area contributed by atoms with Gasteiger partial charge in [0.25, 0.3) is 5.91 Å². The Morgan fingerprint density at radius 2 is 1.97 bits per heavy atom. The summed E-state index contributed by atoms with van der Waals surface area (Å²) in [4.78, 5) is 16.4. The SMILES string of the molecule is CC(C)NS(=O)(=O)c1ccc(Cl)c(C(=O)Nc2ccc(-n3ccnc3)c(F)c2)c1. The predicted molar refractivity (Wildman–Crippen MR) is 108 cm³/mol. The van der Waals surface area contributed by atoms with E-state index >= 15 is 0 Å². The Balaban J connectivity index is 1.86. The summed E-state index contributed by atoms with van der Waals surface area (Å²) in [6.45, 7) is 3.37. The highest BCUT2D eigenvalue weighted by atomic mass is 35.5. The number of hydrogen-bond acceptors (Lipinski definition) is 4. The Bertz CT molecular complexity index is 1150. The second-order valence-corrected chi connectivity index (χ2v) is 8.63. The first-order valence-electron chi connectivity index (χ1n) is 8.58. The molecule has 0 aliphatic heterocycles. The number of rotatable bonds is 6. The molecule has 2 aromatic carbocycles. The number of halogens is 2. The zero-order valence-electron chi connectivity index (χ0n) is 15.6. The maximum atomic E-state index is 14.4. The number of carbonyl (C=O) groups excluding carboxylic acids is 1. The van der Waals surface area contributed by atoms with E-state index in [-0.39, 0.29) is 32.9 Å². The van der Waals surface area contributed by atoms with E-state index in [2.05, 4.69) is 15.0 Å². The van der Waals surface area contributed by atoms with E-state index in [0.29, 0.717) is 0 Å². The van der Waals surface area contributed by atoms with Crippen molar-refractivity contribution >= 4 is 33.2 Å². The third-order valence-electron chi connectivity index (χ3n) is 3.87. The van der Waals surface area contributed by atoms with Gasteiger partial charge in [0.2, 0.25) is 10.0 Å². The normalized spacial score (nSPS) is 11.6. The van der Waals surface area contributed by atoms with Crippen LogP contribution in [0.25, 0.3) is 5.69 Å². The van der Waals surface area contributed by atoms with Crippen molar-refractivity contribution in [2.75, 3.05) is 5.32 Å². The fraction of sp³-hybridized carbons (Fsp3) is 0.158. The molecule has 0 bridgehead atoms. The number of nitrogens with one attached hydrogen (secondary N) is 2. The molecule has 1 heterocycles. The Kier molecular flexibility index (Phi) is 6.02. The van der Waals surface area contributed by atoms with Crippen LogP contribution in [0.5, 0.6) is 0 Å². The average molecular weight is 437 g/mol. The Labute approximate surface area is 172 Å². The quantitative estimate of drug-likeness (QED) is 0.617. The summed E-state index contributed by atoms with van der Waals surface area (Å²) < 4.78 is 43.0. The average Bonchev–Trinajstić information content (AvgIpc) is 3.15. The molecule has 0 saturated heterocycles. The van der Waals surface area contributed by atoms with Crippen LogP contribution < -0.4 is 10.0 Å². The summed E-state index contributed by atoms with van der Waals surface area (Å²) in [5.74, 6) is -1.23. The number of hydrogen-bond donors (Lipinski definition) is 2. The minimum absolute atomic E-state index is 0.0441. The van der Waals surface area contributed by atoms with E-state index in [1.165, 1.54) is 47.4 Å². The van der Waals surface area contributed by atoms with Crippen molar-refractivity contribution in [2.45, 2.75) is 24.8 Å². The van der Waals surface area contributed by atoms with Gasteiger partial charge in [0.15, 0.2) is 0 Å². The van der Waals surface area contributed by atoms with Crippen molar-refractivity contribution in [1.82, 2.24) is 14.3 Å². The molecule has 152 valence electrons. The summed E-state index contributed by atoms with van der Waals surface area (Å²) in [5, 5.41) is 2.60. The van der Waals surface area contributed by atoms with Gasteiger partial charge < -0.3 is 9.88 Å². The number of aromatic nitrogens is 2. The highest BCUT2D eigenvalue weighted by molar-refractivity contribution is 7.89. The van der Waals surface area contributed by atoms with Gasteiger partial charge in [-0.25, -0.2) is 22.5 Å². The highest BCUT2D eigenvalue weighted by Crippen LogP contribution is 2.23. The van der Waals surface area contributed by atoms with Crippen LogP contribution in [-0.2, 0) is 10.0 Å². The molecule has 3 rings (SSSR count). The fourth-order valence-corrected chi connectivity index (χ4v) is 4.10. The standard InChI is InChI=1S/C19H18ClFN4O3S/c1-12(2)24-29(27,28)14-4-5-16(20)15(10-14)19(26)23-13-3-6-18(17(21)9-13)25-8-7-22-11-25/h3-12,24H,1-2H3,(H,23,26). The summed E-state index contributed by atoms with van der Waals surface area (Å²) in [7, 11) is -3.80. The third kappa shape index (κ3) is 4.81. The van der Waals surface area contributed by atoms with E-state index in [9.17, 15) is 17.6 Å². The molecule has 0 fully saturated rings. The monoisotopic (exact) mass is 436 g/mol. The topological polar surface area (TPSA) is 93.1 Å². The van der Waals surface area contributed by atoms with E-state index in [1.807, 2.05) is 0 Å². The van der Waals surface area contributed by atoms with E-state index in [4.69, 9.17) is 11.6 Å². The molecule has 1 amide bonds.